The van der Waals surface area contributed by atoms with E-state index >= 15 is 0 Å². The maximum Gasteiger partial charge on any atom is 0.316 e. The highest BCUT2D eigenvalue weighted by Crippen LogP contribution is 2.39. The zero-order valence-electron chi connectivity index (χ0n) is 28.0. The number of nitrogens with one attached hydrogen (secondary N) is 2. The first-order valence-corrected chi connectivity index (χ1v) is 17.9. The van der Waals surface area contributed by atoms with Crippen LogP contribution in [0.25, 0.3) is 0 Å². The molecule has 0 spiro atoms. The van der Waals surface area contributed by atoms with E-state index < -0.39 is 17.6 Å². The lowest BCUT2D eigenvalue weighted by Gasteiger charge is -2.40. The summed E-state index contributed by atoms with van der Waals surface area (Å²) in [4.78, 5) is 28.8. The van der Waals surface area contributed by atoms with Crippen LogP contribution in [0, 0.1) is 5.92 Å². The van der Waals surface area contributed by atoms with E-state index in [4.69, 9.17) is 4.74 Å². The summed E-state index contributed by atoms with van der Waals surface area (Å²) in [6.07, 6.45) is 9.16. The first kappa shape index (κ1) is 34.2. The lowest BCUT2D eigenvalue weighted by molar-refractivity contribution is -0.155. The number of aliphatic hydroxyl groups excluding tert-OH is 1. The normalized spacial score (nSPS) is 25.5. The van der Waals surface area contributed by atoms with Crippen molar-refractivity contribution in [2.45, 2.75) is 107 Å². The van der Waals surface area contributed by atoms with Gasteiger partial charge >= 0.3 is 12.0 Å². The number of benzene rings is 3. The maximum absolute atomic E-state index is 13.2. The standard InChI is InChI=1S/C40H51N3O5/c1-28(40(47,31-13-7-3-8-14-31)32-15-9-4-10-16-32)41-39(46)42-33-19-17-29(18-20-33)23-24-43-34-21-22-35(43)26-36(25-34)48-38(45)37(27-44)30-11-5-2-6-12-30/h2-16,28-29,33-37,44,47H,17-27H2,1H3,(H2,41,42,46)/t28-,29?,33?,34?,35?,36?,37?/m0/s1. The van der Waals surface area contributed by atoms with Gasteiger partial charge in [-0.2, -0.15) is 0 Å². The minimum atomic E-state index is -1.36. The molecule has 0 aromatic heterocycles. The summed E-state index contributed by atoms with van der Waals surface area (Å²) in [7, 11) is 0. The number of rotatable bonds is 12. The molecule has 3 aromatic rings. The van der Waals surface area contributed by atoms with Crippen LogP contribution in [0.3, 0.4) is 0 Å². The first-order chi connectivity index (χ1) is 23.3. The molecule has 4 atom stereocenters. The van der Waals surface area contributed by atoms with Gasteiger partial charge in [-0.25, -0.2) is 4.79 Å². The Kier molecular flexibility index (Phi) is 11.1. The molecule has 0 radical (unpaired) electrons. The number of urea groups is 1. The minimum absolute atomic E-state index is 0.0873. The van der Waals surface area contributed by atoms with Crippen molar-refractivity contribution in [3.8, 4) is 0 Å². The molecule has 3 fully saturated rings. The monoisotopic (exact) mass is 653 g/mol. The van der Waals surface area contributed by atoms with Crippen LogP contribution in [0.5, 0.6) is 0 Å². The van der Waals surface area contributed by atoms with E-state index in [-0.39, 0.29) is 30.8 Å². The lowest BCUT2D eigenvalue weighted by atomic mass is 9.81. The Morgan fingerprint density at radius 2 is 1.38 bits per heavy atom. The van der Waals surface area contributed by atoms with Gasteiger partial charge in [-0.15, -0.1) is 0 Å². The van der Waals surface area contributed by atoms with Crippen molar-refractivity contribution in [3.63, 3.8) is 0 Å². The highest BCUT2D eigenvalue weighted by molar-refractivity contribution is 5.78. The van der Waals surface area contributed by atoms with Gasteiger partial charge < -0.3 is 25.6 Å². The van der Waals surface area contributed by atoms with E-state index in [1.54, 1.807) is 0 Å². The van der Waals surface area contributed by atoms with Gasteiger partial charge in [0.15, 0.2) is 0 Å². The van der Waals surface area contributed by atoms with Crippen LogP contribution in [0.15, 0.2) is 91.0 Å². The Morgan fingerprint density at radius 1 is 0.833 bits per heavy atom. The van der Waals surface area contributed by atoms with Gasteiger partial charge in [0.25, 0.3) is 0 Å². The minimum Gasteiger partial charge on any atom is -0.462 e. The second-order valence-corrected chi connectivity index (χ2v) is 14.1. The number of hydrogen-bond donors (Lipinski definition) is 4. The zero-order valence-corrected chi connectivity index (χ0v) is 28.0. The molecule has 2 aliphatic heterocycles. The number of carbonyl (C=O) groups is 2. The van der Waals surface area contributed by atoms with Gasteiger partial charge in [-0.3, -0.25) is 9.69 Å². The molecule has 1 saturated carbocycles. The van der Waals surface area contributed by atoms with Crippen molar-refractivity contribution in [1.29, 1.82) is 0 Å². The summed E-state index contributed by atoms with van der Waals surface area (Å²) in [6, 6.07) is 28.6. The number of aliphatic hydroxyl groups is 2. The van der Waals surface area contributed by atoms with Crippen LogP contribution in [0.1, 0.15) is 87.3 Å². The van der Waals surface area contributed by atoms with Crippen LogP contribution < -0.4 is 10.6 Å². The number of fused-ring (bicyclic) bond motifs is 2. The molecule has 8 nitrogen and oxygen atoms in total. The van der Waals surface area contributed by atoms with Crippen molar-refractivity contribution in [1.82, 2.24) is 15.5 Å². The third-order valence-electron chi connectivity index (χ3n) is 11.2. The maximum atomic E-state index is 13.2. The van der Waals surface area contributed by atoms with E-state index in [9.17, 15) is 19.8 Å². The van der Waals surface area contributed by atoms with Crippen molar-refractivity contribution in [2.24, 2.45) is 5.92 Å². The molecule has 4 N–H and O–H groups in total. The van der Waals surface area contributed by atoms with Crippen LogP contribution in [0.4, 0.5) is 4.79 Å². The van der Waals surface area contributed by atoms with Gasteiger partial charge in [-0.05, 0) is 81.0 Å². The van der Waals surface area contributed by atoms with Crippen LogP contribution >= 0.6 is 0 Å². The Morgan fingerprint density at radius 3 is 1.92 bits per heavy atom. The van der Waals surface area contributed by atoms with Gasteiger partial charge in [0.05, 0.1) is 12.6 Å². The number of esters is 1. The average molecular weight is 654 g/mol. The molecule has 2 amide bonds. The van der Waals surface area contributed by atoms with Gasteiger partial charge in [0.2, 0.25) is 0 Å². The molecule has 3 aliphatic rings. The van der Waals surface area contributed by atoms with Crippen molar-refractivity contribution in [3.05, 3.63) is 108 Å². The molecule has 3 aromatic carbocycles. The van der Waals surface area contributed by atoms with Gasteiger partial charge in [0, 0.05) is 31.0 Å². The van der Waals surface area contributed by atoms with Crippen LogP contribution in [-0.2, 0) is 15.1 Å². The first-order valence-electron chi connectivity index (χ1n) is 17.9. The molecule has 6 rings (SSSR count). The van der Waals surface area contributed by atoms with Gasteiger partial charge in [0.1, 0.15) is 17.6 Å². The highest BCUT2D eigenvalue weighted by Gasteiger charge is 2.43. The molecular weight excluding hydrogens is 602 g/mol. The summed E-state index contributed by atoms with van der Waals surface area (Å²) in [5, 5.41) is 28.1. The van der Waals surface area contributed by atoms with Crippen molar-refractivity contribution in [2.75, 3.05) is 13.2 Å². The number of hydrogen-bond acceptors (Lipinski definition) is 6. The fourth-order valence-electron chi connectivity index (χ4n) is 8.44. The second kappa shape index (κ2) is 15.7. The Labute approximate surface area is 284 Å². The third-order valence-corrected chi connectivity index (χ3v) is 11.2. The lowest BCUT2D eigenvalue weighted by Crippen LogP contribution is -2.54. The molecule has 2 heterocycles. The number of amides is 2. The van der Waals surface area contributed by atoms with Crippen LogP contribution in [-0.4, -0.2) is 70.5 Å². The summed E-state index contributed by atoms with van der Waals surface area (Å²) in [5.74, 6) is -0.316. The fraction of sp³-hybridized carbons (Fsp3) is 0.500. The SMILES string of the molecule is C[C@H](NC(=O)NC1CCC(CCN2C3CCC2CC(OC(=O)C(CO)c2ccccc2)C3)CC1)C(O)(c1ccccc1)c1ccccc1. The third kappa shape index (κ3) is 7.77. The Hall–Kier alpha value is -3.72. The molecule has 2 bridgehead atoms. The van der Waals surface area contributed by atoms with Gasteiger partial charge in [-0.1, -0.05) is 91.0 Å². The Bertz CT molecular complexity index is 1410. The summed E-state index contributed by atoms with van der Waals surface area (Å²) >= 11 is 0. The van der Waals surface area contributed by atoms with Crippen molar-refractivity contribution < 1.29 is 24.5 Å². The van der Waals surface area contributed by atoms with E-state index in [1.807, 2.05) is 97.9 Å². The van der Waals surface area contributed by atoms with E-state index in [0.29, 0.717) is 18.0 Å². The number of piperidine rings is 1. The molecule has 48 heavy (non-hydrogen) atoms. The van der Waals surface area contributed by atoms with E-state index in [2.05, 4.69) is 15.5 Å². The molecule has 1 aliphatic carbocycles. The predicted octanol–water partition coefficient (Wildman–Crippen LogP) is 5.87. The topological polar surface area (TPSA) is 111 Å². The second-order valence-electron chi connectivity index (χ2n) is 14.1. The van der Waals surface area contributed by atoms with E-state index in [0.717, 1.165) is 81.0 Å². The molecule has 3 unspecified atom stereocenters. The van der Waals surface area contributed by atoms with Crippen molar-refractivity contribution >= 4 is 12.0 Å². The average Bonchev–Trinajstić information content (AvgIpc) is 3.36. The summed E-state index contributed by atoms with van der Waals surface area (Å²) < 4.78 is 5.97. The molecule has 2 saturated heterocycles. The largest absolute Gasteiger partial charge is 0.462 e. The fourth-order valence-corrected chi connectivity index (χ4v) is 8.44. The number of ether oxygens (including phenoxy) is 1. The van der Waals surface area contributed by atoms with E-state index in [1.165, 1.54) is 0 Å². The smallest absolute Gasteiger partial charge is 0.316 e. The Balaban J connectivity index is 0.940. The number of nitrogens with zero attached hydrogens (tertiary/aromatic N) is 1. The predicted molar refractivity (Wildman–Crippen MR) is 186 cm³/mol. The zero-order chi connectivity index (χ0) is 33.5. The molecule has 8 heteroatoms. The quantitative estimate of drug-likeness (QED) is 0.182. The number of carbonyl (C=O) groups excluding carboxylic acids is 2. The summed E-state index contributed by atoms with van der Waals surface area (Å²) in [5.41, 5.74) is 0.906. The van der Waals surface area contributed by atoms with Crippen LogP contribution in [0.2, 0.25) is 0 Å². The molecular formula is C40H51N3O5. The highest BCUT2D eigenvalue weighted by atomic mass is 16.5. The summed E-state index contributed by atoms with van der Waals surface area (Å²) in [6.45, 7) is 2.67. The molecule has 256 valence electrons.